The summed E-state index contributed by atoms with van der Waals surface area (Å²) >= 11 is 82.4. The van der Waals surface area contributed by atoms with Crippen molar-refractivity contribution in [2.24, 2.45) is 0 Å². The van der Waals surface area contributed by atoms with Crippen LogP contribution < -0.4 is 0 Å². The molecule has 0 amide bonds. The van der Waals surface area contributed by atoms with Gasteiger partial charge in [-0.1, -0.05) is 138 Å². The molecule has 0 heterocycles. The molecule has 0 radical (unpaired) electrons. The number of thioether (sulfide) groups is 4. The molecule has 4 rings (SSSR count). The van der Waals surface area contributed by atoms with Gasteiger partial charge < -0.3 is 36.2 Å². The van der Waals surface area contributed by atoms with Crippen LogP contribution in [-0.2, 0) is 83.4 Å². The van der Waals surface area contributed by atoms with Crippen LogP contribution in [0.4, 0.5) is 0 Å². The average Bonchev–Trinajstić information content (AvgIpc) is 3.34. The maximum atomic E-state index is 6.10. The molecule has 0 atom stereocenters. The Kier molecular flexibility index (Phi) is 46.0. The summed E-state index contributed by atoms with van der Waals surface area (Å²) in [5, 5.41) is 8.33. The van der Waals surface area contributed by atoms with Gasteiger partial charge in [-0.25, -0.2) is 0 Å². The van der Waals surface area contributed by atoms with Gasteiger partial charge in [-0.05, 0) is 175 Å². The molecule has 0 bridgehead atoms. The topological polar surface area (TPSA) is 73.8 Å². The zero-order chi connectivity index (χ0) is 57.2. The second kappa shape index (κ2) is 44.7. The van der Waals surface area contributed by atoms with Crippen LogP contribution in [0, 0.1) is 0 Å². The van der Waals surface area contributed by atoms with Crippen molar-refractivity contribution in [3.8, 4) is 0 Å². The summed E-state index contributed by atoms with van der Waals surface area (Å²) in [6.07, 6.45) is 0. The first-order valence-electron chi connectivity index (χ1n) is 22.5. The highest BCUT2D eigenvalue weighted by atomic mass is 35.5. The second-order valence-electron chi connectivity index (χ2n) is 13.0. The van der Waals surface area contributed by atoms with Gasteiger partial charge in [0.25, 0.3) is 0 Å². The zero-order valence-corrected chi connectivity index (χ0v) is 61.8. The Balaban J connectivity index is 0.000000507. The van der Waals surface area contributed by atoms with Crippen LogP contribution in [-0.4, -0.2) is 73.2 Å². The molecule has 0 unspecified atom stereocenters. The quantitative estimate of drug-likeness (QED) is 0.0264. The van der Waals surface area contributed by atoms with E-state index in [9.17, 15) is 0 Å². The molecule has 32 heteroatoms. The SMILES string of the molecule is CCOP(=S)(OCC)SCSc1cc(Cl)ccc1Cl.CCOP(=S)(OCC)SCSc1cc(Cl)ccc1Cl.CCOP(=S)(OCC)SCSc1cc(Cl)ccc1Cl.CCOP(=S)(OCC)SCSc1cc(Cl)ccc1Cl. The highest BCUT2D eigenvalue weighted by Gasteiger charge is 2.22. The van der Waals surface area contributed by atoms with Gasteiger partial charge in [-0.3, -0.25) is 0 Å². The highest BCUT2D eigenvalue weighted by Crippen LogP contribution is 2.65. The summed E-state index contributed by atoms with van der Waals surface area (Å²) in [5.41, 5.74) is -8.92. The fourth-order valence-electron chi connectivity index (χ4n) is 4.68. The number of benzene rings is 4. The lowest BCUT2D eigenvalue weighted by Gasteiger charge is -2.19. The number of hydrogen-bond donors (Lipinski definition) is 0. The van der Waals surface area contributed by atoms with Crippen molar-refractivity contribution in [3.05, 3.63) is 113 Å². The van der Waals surface area contributed by atoms with Crippen molar-refractivity contribution < 1.29 is 36.2 Å². The standard InChI is InChI=1S/4C11H15Cl2O2PS3/c4*1-3-14-16(17,15-4-2)19-8-18-11-7-9(12)5-6-10(11)13/h4*5-7H,3-4,8H2,1-2H3. The van der Waals surface area contributed by atoms with E-state index in [-0.39, 0.29) is 0 Å². The Hall–Kier alpha value is 4.28. The van der Waals surface area contributed by atoms with Crippen LogP contribution in [0.3, 0.4) is 0 Å². The lowest BCUT2D eigenvalue weighted by molar-refractivity contribution is 0.280. The summed E-state index contributed by atoms with van der Waals surface area (Å²) in [4.78, 5) is 3.76. The Morgan fingerprint density at radius 2 is 0.461 bits per heavy atom. The Labute approximate surface area is 545 Å². The summed E-state index contributed by atoms with van der Waals surface area (Å²) in [7, 11) is 0. The molecule has 0 saturated heterocycles. The Morgan fingerprint density at radius 3 is 0.605 bits per heavy atom. The average molecular weight is 1510 g/mol. The predicted octanol–water partition coefficient (Wildman–Crippen LogP) is 24.3. The van der Waals surface area contributed by atoms with Gasteiger partial charge in [0, 0.05) is 39.7 Å². The normalized spacial score (nSPS) is 11.8. The van der Waals surface area contributed by atoms with Gasteiger partial charge in [0.2, 0.25) is 22.8 Å². The molecule has 432 valence electrons. The molecule has 0 N–H and O–H groups in total. The molecule has 76 heavy (non-hydrogen) atoms. The van der Waals surface area contributed by atoms with Crippen LogP contribution in [0.2, 0.25) is 40.2 Å². The zero-order valence-electron chi connectivity index (χ0n) is 42.4. The number of hydrogen-bond acceptors (Lipinski definition) is 20. The molecule has 4 aromatic rings. The van der Waals surface area contributed by atoms with Crippen molar-refractivity contribution in [2.45, 2.75) is 75.0 Å². The molecular formula is C44H60Cl8O8P4S12. The van der Waals surface area contributed by atoms with Crippen LogP contribution in [0.1, 0.15) is 55.4 Å². The van der Waals surface area contributed by atoms with Crippen LogP contribution in [0.5, 0.6) is 0 Å². The monoisotopic (exact) mass is 1500 g/mol. The summed E-state index contributed by atoms with van der Waals surface area (Å²) in [6, 6.07) is 21.6. The van der Waals surface area contributed by atoms with Crippen molar-refractivity contribution in [3.63, 3.8) is 0 Å². The van der Waals surface area contributed by atoms with E-state index < -0.39 is 22.8 Å². The molecule has 0 aliphatic carbocycles. The fourth-order valence-corrected chi connectivity index (χ4v) is 34.8. The van der Waals surface area contributed by atoms with Crippen LogP contribution in [0.15, 0.2) is 92.4 Å². The first-order valence-corrected chi connectivity index (χ1v) is 46.4. The van der Waals surface area contributed by atoms with E-state index in [2.05, 4.69) is 0 Å². The van der Waals surface area contributed by atoms with Gasteiger partial charge in [-0.2, -0.15) is 0 Å². The summed E-state index contributed by atoms with van der Waals surface area (Å²) in [5.74, 6) is 0. The maximum absolute atomic E-state index is 6.10. The second-order valence-corrected chi connectivity index (χ2v) is 47.1. The molecule has 8 nitrogen and oxygen atoms in total. The van der Waals surface area contributed by atoms with Gasteiger partial charge in [-0.15, -0.1) is 47.0 Å². The lowest BCUT2D eigenvalue weighted by atomic mass is 10.4. The van der Waals surface area contributed by atoms with E-state index in [4.69, 9.17) is 176 Å². The van der Waals surface area contributed by atoms with E-state index in [1.165, 1.54) is 45.5 Å². The predicted molar refractivity (Wildman–Crippen MR) is 369 cm³/mol. The highest BCUT2D eigenvalue weighted by molar-refractivity contribution is 8.70. The third kappa shape index (κ3) is 34.6. The van der Waals surface area contributed by atoms with Crippen molar-refractivity contribution >= 4 is 255 Å². The van der Waals surface area contributed by atoms with E-state index in [0.29, 0.717) is 93.0 Å². The minimum atomic E-state index is -2.23. The molecule has 0 saturated carbocycles. The molecule has 0 aromatic heterocycles. The molecule has 4 aromatic carbocycles. The smallest absolute Gasteiger partial charge is 0.248 e. The Morgan fingerprint density at radius 1 is 0.303 bits per heavy atom. The molecule has 0 fully saturated rings. The third-order valence-electron chi connectivity index (χ3n) is 7.57. The van der Waals surface area contributed by atoms with Gasteiger partial charge in [0.05, 0.1) is 93.3 Å². The van der Waals surface area contributed by atoms with Crippen LogP contribution in [0.25, 0.3) is 0 Å². The first-order chi connectivity index (χ1) is 36.0. The first kappa shape index (κ1) is 78.3. The van der Waals surface area contributed by atoms with Crippen molar-refractivity contribution in [1.82, 2.24) is 0 Å². The molecule has 0 spiro atoms. The summed E-state index contributed by atoms with van der Waals surface area (Å²) < 4.78 is 44.4. The lowest BCUT2D eigenvalue weighted by Crippen LogP contribution is -1.92. The Bertz CT molecular complexity index is 2130. The maximum Gasteiger partial charge on any atom is 0.248 e. The van der Waals surface area contributed by atoms with E-state index in [0.717, 1.165) is 39.9 Å². The molecular weight excluding hydrogens is 1450 g/mol. The summed E-state index contributed by atoms with van der Waals surface area (Å²) in [6.45, 7) is 19.8. The van der Waals surface area contributed by atoms with Crippen molar-refractivity contribution in [1.29, 1.82) is 0 Å². The van der Waals surface area contributed by atoms with Gasteiger partial charge in [0.1, 0.15) is 0 Å². The third-order valence-corrected chi connectivity index (χ3v) is 38.8. The fraction of sp³-hybridized carbons (Fsp3) is 0.455. The van der Waals surface area contributed by atoms with Gasteiger partial charge >= 0.3 is 0 Å². The van der Waals surface area contributed by atoms with Crippen molar-refractivity contribution in [2.75, 3.05) is 73.2 Å². The van der Waals surface area contributed by atoms with E-state index >= 15 is 0 Å². The van der Waals surface area contributed by atoms with E-state index in [1.54, 1.807) is 95.6 Å². The van der Waals surface area contributed by atoms with Crippen LogP contribution >= 0.6 is 208 Å². The minimum Gasteiger partial charge on any atom is -0.322 e. The molecule has 0 aliphatic heterocycles. The molecule has 0 aliphatic rings. The van der Waals surface area contributed by atoms with E-state index in [1.807, 2.05) is 79.7 Å². The van der Waals surface area contributed by atoms with Gasteiger partial charge in [0.15, 0.2) is 0 Å². The minimum absolute atomic E-state index is 0.562. The number of halogens is 8. The largest absolute Gasteiger partial charge is 0.322 e. The number of rotatable bonds is 32.